The summed E-state index contributed by atoms with van der Waals surface area (Å²) in [4.78, 5) is 10.6. The molecule has 0 unspecified atom stereocenters. The second-order valence-corrected chi connectivity index (χ2v) is 3.38. The number of alkyl halides is 3. The Morgan fingerprint density at radius 3 is 2.38 bits per heavy atom. The molecular weight excluding hydrogens is 300 g/mol. The van der Waals surface area contributed by atoms with Crippen LogP contribution in [0.3, 0.4) is 0 Å². The lowest BCUT2D eigenvalue weighted by Gasteiger charge is -2.11. The van der Waals surface area contributed by atoms with Gasteiger partial charge in [0.2, 0.25) is 0 Å². The van der Waals surface area contributed by atoms with Crippen molar-refractivity contribution < 1.29 is 32.2 Å². The Balaban J connectivity index is 3.24. The van der Waals surface area contributed by atoms with Crippen molar-refractivity contribution in [3.63, 3.8) is 0 Å². The summed E-state index contributed by atoms with van der Waals surface area (Å²) in [6.07, 6.45) is -4.98. The van der Waals surface area contributed by atoms with Gasteiger partial charge in [-0.1, -0.05) is 0 Å². The lowest BCUT2D eigenvalue weighted by atomic mass is 10.2. The molecule has 0 aromatic heterocycles. The number of ether oxygens (including phenoxy) is 1. The van der Waals surface area contributed by atoms with Crippen LogP contribution in [-0.4, -0.2) is 17.4 Å². The van der Waals surface area contributed by atoms with Crippen LogP contribution < -0.4 is 4.74 Å². The molecule has 3 nitrogen and oxygen atoms in total. The molecule has 0 saturated heterocycles. The highest BCUT2D eigenvalue weighted by molar-refractivity contribution is 9.10. The molecule has 1 rings (SSSR count). The molecule has 0 saturated carbocycles. The molecule has 16 heavy (non-hydrogen) atoms. The normalized spacial score (nSPS) is 11.3. The number of carbonyl (C=O) groups is 1. The molecule has 0 aliphatic carbocycles. The summed E-state index contributed by atoms with van der Waals surface area (Å²) in [6, 6.07) is 1.26. The lowest BCUT2D eigenvalue weighted by molar-refractivity contribution is -0.274. The molecule has 88 valence electrons. The van der Waals surface area contributed by atoms with Crippen LogP contribution in [0.2, 0.25) is 0 Å². The fourth-order valence-electron chi connectivity index (χ4n) is 0.933. The molecular formula is C8H3BrF4O3. The Bertz CT molecular complexity index is 430. The van der Waals surface area contributed by atoms with Gasteiger partial charge in [0.05, 0.1) is 4.47 Å². The number of hydrogen-bond donors (Lipinski definition) is 1. The van der Waals surface area contributed by atoms with Crippen molar-refractivity contribution in [2.24, 2.45) is 0 Å². The first kappa shape index (κ1) is 12.8. The Hall–Kier alpha value is -1.31. The van der Waals surface area contributed by atoms with Crippen molar-refractivity contribution in [2.75, 3.05) is 0 Å². The fraction of sp³-hybridized carbons (Fsp3) is 0.125. The van der Waals surface area contributed by atoms with E-state index in [1.54, 1.807) is 0 Å². The number of carboxylic acid groups (broad SMARTS) is 1. The zero-order valence-corrected chi connectivity index (χ0v) is 8.89. The number of hydrogen-bond acceptors (Lipinski definition) is 2. The van der Waals surface area contributed by atoms with Gasteiger partial charge in [-0.25, -0.2) is 9.18 Å². The quantitative estimate of drug-likeness (QED) is 0.854. The minimum Gasteiger partial charge on any atom is -0.478 e. The number of aromatic carboxylic acids is 1. The summed E-state index contributed by atoms with van der Waals surface area (Å²) in [5, 5.41) is 8.56. The molecule has 0 bridgehead atoms. The maximum absolute atomic E-state index is 13.0. The number of halogens is 5. The Kier molecular flexibility index (Phi) is 3.41. The molecule has 0 fully saturated rings. The zero-order chi connectivity index (χ0) is 12.5. The SMILES string of the molecule is O=C(O)c1c(F)ccc(OC(F)(F)F)c1Br. The highest BCUT2D eigenvalue weighted by atomic mass is 79.9. The van der Waals surface area contributed by atoms with Crippen molar-refractivity contribution in [1.29, 1.82) is 0 Å². The smallest absolute Gasteiger partial charge is 0.478 e. The van der Waals surface area contributed by atoms with Crippen LogP contribution in [0, 0.1) is 5.82 Å². The molecule has 0 heterocycles. The van der Waals surface area contributed by atoms with Crippen LogP contribution in [0.25, 0.3) is 0 Å². The van der Waals surface area contributed by atoms with E-state index in [-0.39, 0.29) is 0 Å². The third-order valence-electron chi connectivity index (χ3n) is 1.50. The Morgan fingerprint density at radius 2 is 1.94 bits per heavy atom. The van der Waals surface area contributed by atoms with Crippen LogP contribution in [0.5, 0.6) is 5.75 Å². The molecule has 0 aliphatic heterocycles. The van der Waals surface area contributed by atoms with Crippen molar-refractivity contribution in [2.45, 2.75) is 6.36 Å². The predicted molar refractivity (Wildman–Crippen MR) is 47.7 cm³/mol. The number of rotatable bonds is 2. The van der Waals surface area contributed by atoms with Gasteiger partial charge in [-0.3, -0.25) is 0 Å². The van der Waals surface area contributed by atoms with Gasteiger partial charge in [-0.05, 0) is 28.1 Å². The Labute approximate surface area is 94.8 Å². The third-order valence-corrected chi connectivity index (χ3v) is 2.28. The van der Waals surface area contributed by atoms with Gasteiger partial charge in [0.15, 0.2) is 0 Å². The molecule has 0 aliphatic rings. The maximum Gasteiger partial charge on any atom is 0.573 e. The second kappa shape index (κ2) is 4.28. The van der Waals surface area contributed by atoms with Gasteiger partial charge in [0.25, 0.3) is 0 Å². The molecule has 0 atom stereocenters. The predicted octanol–water partition coefficient (Wildman–Crippen LogP) is 3.19. The molecule has 0 radical (unpaired) electrons. The molecule has 8 heteroatoms. The van der Waals surface area contributed by atoms with E-state index in [1.807, 2.05) is 0 Å². The minimum absolute atomic E-state index is 0.579. The van der Waals surface area contributed by atoms with Gasteiger partial charge >= 0.3 is 12.3 Å². The summed E-state index contributed by atoms with van der Waals surface area (Å²) >= 11 is 2.54. The monoisotopic (exact) mass is 302 g/mol. The van der Waals surface area contributed by atoms with Gasteiger partial charge in [0, 0.05) is 0 Å². The first-order valence-corrected chi connectivity index (χ1v) is 4.48. The second-order valence-electron chi connectivity index (χ2n) is 2.59. The topological polar surface area (TPSA) is 46.5 Å². The highest BCUT2D eigenvalue weighted by Gasteiger charge is 2.33. The summed E-state index contributed by atoms with van der Waals surface area (Å²) in [6.45, 7) is 0. The molecule has 1 aromatic carbocycles. The molecule has 0 amide bonds. The average Bonchev–Trinajstić information content (AvgIpc) is 2.07. The van der Waals surface area contributed by atoms with E-state index in [0.717, 1.165) is 0 Å². The van der Waals surface area contributed by atoms with Gasteiger partial charge in [0.1, 0.15) is 17.1 Å². The van der Waals surface area contributed by atoms with E-state index in [0.29, 0.717) is 12.1 Å². The summed E-state index contributed by atoms with van der Waals surface area (Å²) < 4.78 is 51.5. The lowest BCUT2D eigenvalue weighted by Crippen LogP contribution is -2.18. The van der Waals surface area contributed by atoms with Crippen LogP contribution in [0.4, 0.5) is 17.6 Å². The summed E-state index contributed by atoms with van der Waals surface area (Å²) in [7, 11) is 0. The first-order valence-electron chi connectivity index (χ1n) is 3.69. The van der Waals surface area contributed by atoms with E-state index < -0.39 is 33.9 Å². The number of benzene rings is 1. The van der Waals surface area contributed by atoms with Crippen molar-refractivity contribution in [3.8, 4) is 5.75 Å². The van der Waals surface area contributed by atoms with Gasteiger partial charge in [-0.2, -0.15) is 0 Å². The van der Waals surface area contributed by atoms with E-state index in [4.69, 9.17) is 5.11 Å². The molecule has 0 spiro atoms. The maximum atomic E-state index is 13.0. The van der Waals surface area contributed by atoms with Crippen LogP contribution in [0.1, 0.15) is 10.4 Å². The third kappa shape index (κ3) is 2.84. The van der Waals surface area contributed by atoms with Crippen molar-refractivity contribution >= 4 is 21.9 Å². The fourth-order valence-corrected chi connectivity index (χ4v) is 1.51. The summed E-state index contributed by atoms with van der Waals surface area (Å²) in [5.41, 5.74) is -0.915. The average molecular weight is 303 g/mol. The van der Waals surface area contributed by atoms with E-state index >= 15 is 0 Å². The summed E-state index contributed by atoms with van der Waals surface area (Å²) in [5.74, 6) is -3.67. The first-order chi connectivity index (χ1) is 7.22. The van der Waals surface area contributed by atoms with E-state index in [1.165, 1.54) is 0 Å². The highest BCUT2D eigenvalue weighted by Crippen LogP contribution is 2.34. The van der Waals surface area contributed by atoms with Gasteiger partial charge in [-0.15, -0.1) is 13.2 Å². The standard InChI is InChI=1S/C8H3BrF4O3/c9-6-4(16-8(11,12)13)2-1-3(10)5(6)7(14)15/h1-2H,(H,14,15). The minimum atomic E-state index is -4.98. The van der Waals surface area contributed by atoms with E-state index in [2.05, 4.69) is 20.7 Å². The van der Waals surface area contributed by atoms with Crippen LogP contribution in [-0.2, 0) is 0 Å². The van der Waals surface area contributed by atoms with Gasteiger partial charge < -0.3 is 9.84 Å². The largest absolute Gasteiger partial charge is 0.573 e. The van der Waals surface area contributed by atoms with Crippen LogP contribution in [0.15, 0.2) is 16.6 Å². The Morgan fingerprint density at radius 1 is 1.38 bits per heavy atom. The van der Waals surface area contributed by atoms with Crippen molar-refractivity contribution in [3.05, 3.63) is 28.0 Å². The molecule has 1 aromatic rings. The van der Waals surface area contributed by atoms with Crippen LogP contribution >= 0.6 is 15.9 Å². The van der Waals surface area contributed by atoms with Crippen molar-refractivity contribution in [1.82, 2.24) is 0 Å². The number of carboxylic acids is 1. The zero-order valence-electron chi connectivity index (χ0n) is 7.31. The van der Waals surface area contributed by atoms with E-state index in [9.17, 15) is 22.4 Å². The molecule has 1 N–H and O–H groups in total.